The Morgan fingerprint density at radius 1 is 1.33 bits per heavy atom. The van der Waals surface area contributed by atoms with Crippen LogP contribution in [-0.4, -0.2) is 41.8 Å². The van der Waals surface area contributed by atoms with Crippen LogP contribution >= 0.6 is 0 Å². The Kier molecular flexibility index (Phi) is 5.61. The fourth-order valence-corrected chi connectivity index (χ4v) is 3.73. The van der Waals surface area contributed by atoms with Crippen molar-refractivity contribution in [3.8, 4) is 5.75 Å². The van der Waals surface area contributed by atoms with E-state index in [9.17, 15) is 9.90 Å². The molecular weight excluding hydrogens is 304 g/mol. The number of fused-ring (bicyclic) bond motifs is 1. The second-order valence-corrected chi connectivity index (χ2v) is 7.03. The quantitative estimate of drug-likeness (QED) is 0.833. The number of carbonyl (C=O) groups is 1. The molecule has 0 unspecified atom stereocenters. The van der Waals surface area contributed by atoms with Gasteiger partial charge in [0.2, 0.25) is 0 Å². The molecule has 1 heterocycles. The predicted octanol–water partition coefficient (Wildman–Crippen LogP) is 3.06. The number of amides is 2. The van der Waals surface area contributed by atoms with Gasteiger partial charge in [0.25, 0.3) is 0 Å². The predicted molar refractivity (Wildman–Crippen MR) is 93.0 cm³/mol. The molecule has 132 valence electrons. The van der Waals surface area contributed by atoms with Gasteiger partial charge in [0.1, 0.15) is 5.75 Å². The first-order valence-electron chi connectivity index (χ1n) is 9.08. The molecule has 24 heavy (non-hydrogen) atoms. The second-order valence-electron chi connectivity index (χ2n) is 7.03. The highest BCUT2D eigenvalue weighted by Crippen LogP contribution is 2.26. The maximum Gasteiger partial charge on any atom is 0.317 e. The van der Waals surface area contributed by atoms with Crippen LogP contribution in [0, 0.1) is 5.92 Å². The molecule has 0 aromatic heterocycles. The minimum absolute atomic E-state index is 0.0516. The van der Waals surface area contributed by atoms with E-state index in [1.165, 1.54) is 24.8 Å². The van der Waals surface area contributed by atoms with Crippen LogP contribution in [-0.2, 0) is 17.7 Å². The number of rotatable bonds is 4. The Balaban J connectivity index is 1.41. The lowest BCUT2D eigenvalue weighted by Gasteiger charge is -2.30. The Bertz CT molecular complexity index is 576. The zero-order valence-electron chi connectivity index (χ0n) is 14.5. The fourth-order valence-electron chi connectivity index (χ4n) is 3.73. The Morgan fingerprint density at radius 2 is 2.17 bits per heavy atom. The van der Waals surface area contributed by atoms with E-state index in [0.29, 0.717) is 38.3 Å². The van der Waals surface area contributed by atoms with Gasteiger partial charge in [-0.2, -0.15) is 0 Å². The molecule has 5 heteroatoms. The lowest BCUT2D eigenvalue weighted by molar-refractivity contribution is -0.00274. The number of aromatic hydroxyl groups is 1. The summed E-state index contributed by atoms with van der Waals surface area (Å²) in [6.45, 7) is 4.64. The van der Waals surface area contributed by atoms with E-state index in [4.69, 9.17) is 4.74 Å². The number of nitrogens with one attached hydrogen (secondary N) is 1. The molecule has 1 aromatic rings. The molecule has 1 aliphatic heterocycles. The highest BCUT2D eigenvalue weighted by molar-refractivity contribution is 5.74. The van der Waals surface area contributed by atoms with Gasteiger partial charge in [-0.1, -0.05) is 25.8 Å². The summed E-state index contributed by atoms with van der Waals surface area (Å²) in [6, 6.07) is 5.35. The van der Waals surface area contributed by atoms with E-state index in [-0.39, 0.29) is 11.8 Å². The molecule has 1 saturated carbocycles. The Labute approximate surface area is 144 Å². The Hall–Kier alpha value is -1.75. The molecule has 2 N–H and O–H groups in total. The zero-order chi connectivity index (χ0) is 16.9. The van der Waals surface area contributed by atoms with Crippen molar-refractivity contribution in [3.05, 3.63) is 29.3 Å². The number of urea groups is 1. The van der Waals surface area contributed by atoms with Crippen LogP contribution in [0.5, 0.6) is 5.75 Å². The Morgan fingerprint density at radius 3 is 3.00 bits per heavy atom. The van der Waals surface area contributed by atoms with Gasteiger partial charge in [0.15, 0.2) is 0 Å². The van der Waals surface area contributed by atoms with Crippen molar-refractivity contribution in [2.75, 3.05) is 19.7 Å². The lowest BCUT2D eigenvalue weighted by Crippen LogP contribution is -2.44. The van der Waals surface area contributed by atoms with E-state index in [1.807, 2.05) is 6.07 Å². The summed E-state index contributed by atoms with van der Waals surface area (Å²) in [5.41, 5.74) is 2.25. The van der Waals surface area contributed by atoms with Gasteiger partial charge in [0, 0.05) is 19.6 Å². The van der Waals surface area contributed by atoms with Gasteiger partial charge < -0.3 is 20.1 Å². The number of hydrogen-bond acceptors (Lipinski definition) is 3. The standard InChI is InChI=1S/C19H28N2O3/c1-14-4-2-3-5-18(14)24-11-9-20-19(23)21-10-8-15-6-7-17(22)12-16(15)13-21/h6-7,12,14,18,22H,2-5,8-11,13H2,1H3,(H,20,23)/t14-,18+/m1/s1. The molecule has 0 spiro atoms. The zero-order valence-corrected chi connectivity index (χ0v) is 14.5. The topological polar surface area (TPSA) is 61.8 Å². The number of nitrogens with zero attached hydrogens (tertiary/aromatic N) is 1. The maximum absolute atomic E-state index is 12.3. The van der Waals surface area contributed by atoms with Crippen LogP contribution in [0.2, 0.25) is 0 Å². The van der Waals surface area contributed by atoms with Crippen molar-refractivity contribution < 1.29 is 14.6 Å². The van der Waals surface area contributed by atoms with Gasteiger partial charge in [-0.05, 0) is 48.4 Å². The van der Waals surface area contributed by atoms with Crippen LogP contribution in [0.4, 0.5) is 4.79 Å². The fraction of sp³-hybridized carbons (Fsp3) is 0.632. The second kappa shape index (κ2) is 7.88. The highest BCUT2D eigenvalue weighted by atomic mass is 16.5. The van der Waals surface area contributed by atoms with Crippen LogP contribution in [0.3, 0.4) is 0 Å². The molecular formula is C19H28N2O3. The normalized spacial score (nSPS) is 23.6. The van der Waals surface area contributed by atoms with E-state index in [1.54, 1.807) is 17.0 Å². The van der Waals surface area contributed by atoms with Gasteiger partial charge >= 0.3 is 6.03 Å². The number of ether oxygens (including phenoxy) is 1. The number of phenolic OH excluding ortho intramolecular Hbond substituents is 1. The van der Waals surface area contributed by atoms with Crippen LogP contribution in [0.25, 0.3) is 0 Å². The first-order valence-corrected chi connectivity index (χ1v) is 9.08. The largest absolute Gasteiger partial charge is 0.508 e. The number of hydrogen-bond donors (Lipinski definition) is 2. The van der Waals surface area contributed by atoms with Crippen molar-refractivity contribution in [1.82, 2.24) is 10.2 Å². The van der Waals surface area contributed by atoms with E-state index >= 15 is 0 Å². The first-order chi connectivity index (χ1) is 11.6. The summed E-state index contributed by atoms with van der Waals surface area (Å²) in [5, 5.41) is 12.5. The molecule has 3 rings (SSSR count). The molecule has 1 aromatic carbocycles. The van der Waals surface area contributed by atoms with Crippen molar-refractivity contribution in [3.63, 3.8) is 0 Å². The molecule has 2 atom stereocenters. The average molecular weight is 332 g/mol. The van der Waals surface area contributed by atoms with Crippen molar-refractivity contribution in [2.45, 2.75) is 51.7 Å². The van der Waals surface area contributed by atoms with Crippen molar-refractivity contribution in [1.29, 1.82) is 0 Å². The van der Waals surface area contributed by atoms with Crippen molar-refractivity contribution >= 4 is 6.03 Å². The number of benzene rings is 1. The van der Waals surface area contributed by atoms with Crippen molar-refractivity contribution in [2.24, 2.45) is 5.92 Å². The molecule has 0 bridgehead atoms. The summed E-state index contributed by atoms with van der Waals surface area (Å²) >= 11 is 0. The molecule has 2 amide bonds. The highest BCUT2D eigenvalue weighted by Gasteiger charge is 2.23. The van der Waals surface area contributed by atoms with Gasteiger partial charge in [-0.15, -0.1) is 0 Å². The smallest absolute Gasteiger partial charge is 0.317 e. The number of carbonyl (C=O) groups excluding carboxylic acids is 1. The lowest BCUT2D eigenvalue weighted by atomic mass is 9.88. The van der Waals surface area contributed by atoms with Crippen LogP contribution in [0.1, 0.15) is 43.7 Å². The third-order valence-corrected chi connectivity index (χ3v) is 5.23. The van der Waals surface area contributed by atoms with Gasteiger partial charge in [-0.25, -0.2) is 4.79 Å². The molecule has 2 aliphatic rings. The van der Waals surface area contributed by atoms with Gasteiger partial charge in [-0.3, -0.25) is 0 Å². The molecule has 1 aliphatic carbocycles. The number of phenols is 1. The third-order valence-electron chi connectivity index (χ3n) is 5.23. The molecule has 5 nitrogen and oxygen atoms in total. The van der Waals surface area contributed by atoms with Crippen LogP contribution < -0.4 is 5.32 Å². The maximum atomic E-state index is 12.3. The summed E-state index contributed by atoms with van der Waals surface area (Å²) in [6.07, 6.45) is 6.13. The van der Waals surface area contributed by atoms with E-state index in [0.717, 1.165) is 18.4 Å². The first kappa shape index (κ1) is 17.1. The monoisotopic (exact) mass is 332 g/mol. The van der Waals surface area contributed by atoms with Crippen LogP contribution in [0.15, 0.2) is 18.2 Å². The summed E-state index contributed by atoms with van der Waals surface area (Å²) in [7, 11) is 0. The molecule has 0 radical (unpaired) electrons. The summed E-state index contributed by atoms with van der Waals surface area (Å²) in [4.78, 5) is 14.1. The van der Waals surface area contributed by atoms with Gasteiger partial charge in [0.05, 0.1) is 12.7 Å². The van der Waals surface area contributed by atoms with E-state index in [2.05, 4.69) is 12.2 Å². The molecule has 0 saturated heterocycles. The average Bonchev–Trinajstić information content (AvgIpc) is 2.59. The van der Waals surface area contributed by atoms with E-state index < -0.39 is 0 Å². The minimum atomic E-state index is -0.0516. The third kappa shape index (κ3) is 4.20. The SMILES string of the molecule is C[C@@H]1CCCC[C@@H]1OCCNC(=O)N1CCc2ccc(O)cc2C1. The summed E-state index contributed by atoms with van der Waals surface area (Å²) in [5.74, 6) is 0.881. The molecule has 1 fully saturated rings. The minimum Gasteiger partial charge on any atom is -0.508 e. The summed E-state index contributed by atoms with van der Waals surface area (Å²) < 4.78 is 5.94.